The second-order valence-electron chi connectivity index (χ2n) is 5.39. The molecule has 8 nitrogen and oxygen atoms in total. The van der Waals surface area contributed by atoms with Gasteiger partial charge in [-0.2, -0.15) is 0 Å². The highest BCUT2D eigenvalue weighted by Gasteiger charge is 2.15. The van der Waals surface area contributed by atoms with Crippen LogP contribution in [0.3, 0.4) is 0 Å². The van der Waals surface area contributed by atoms with Gasteiger partial charge in [0, 0.05) is 48.8 Å². The van der Waals surface area contributed by atoms with Gasteiger partial charge < -0.3 is 19.3 Å². The monoisotopic (exact) mass is 388 g/mol. The fraction of sp³-hybridized carbons (Fsp3) is 0.300. The summed E-state index contributed by atoms with van der Waals surface area (Å²) < 4.78 is 8.94. The lowest BCUT2D eigenvalue weighted by molar-refractivity contribution is -0.135. The second kappa shape index (κ2) is 11.3. The third kappa shape index (κ3) is 6.39. The van der Waals surface area contributed by atoms with E-state index in [1.54, 1.807) is 38.1 Å². The minimum Gasteiger partial charge on any atom is -0.466 e. The van der Waals surface area contributed by atoms with Crippen LogP contribution in [0.5, 0.6) is 0 Å². The first-order chi connectivity index (χ1) is 13.4. The summed E-state index contributed by atoms with van der Waals surface area (Å²) in [6.07, 6.45) is 4.40. The fourth-order valence-corrected chi connectivity index (χ4v) is 2.34. The fourth-order valence-electron chi connectivity index (χ4n) is 2.34. The number of rotatable bonds is 8. The quantitative estimate of drug-likeness (QED) is 0.498. The summed E-state index contributed by atoms with van der Waals surface area (Å²) in [7, 11) is 2.46. The maximum atomic E-state index is 12.3. The molecule has 0 saturated heterocycles. The van der Waals surface area contributed by atoms with E-state index in [1.165, 1.54) is 24.0 Å². The largest absolute Gasteiger partial charge is 0.466 e. The number of amides is 2. The van der Waals surface area contributed by atoms with Gasteiger partial charge in [0.05, 0.1) is 14.2 Å². The van der Waals surface area contributed by atoms with Crippen molar-refractivity contribution in [2.45, 2.75) is 13.8 Å². The summed E-state index contributed by atoms with van der Waals surface area (Å²) in [6.45, 7) is 4.39. The molecule has 28 heavy (non-hydrogen) atoms. The van der Waals surface area contributed by atoms with Gasteiger partial charge in [-0.05, 0) is 38.1 Å². The molecule has 0 aliphatic rings. The molecule has 0 aliphatic carbocycles. The molecule has 150 valence electrons. The number of methoxy groups -OCH3 is 2. The Morgan fingerprint density at radius 3 is 1.29 bits per heavy atom. The Balaban J connectivity index is 2.97. The molecule has 0 aliphatic heterocycles. The van der Waals surface area contributed by atoms with Crippen LogP contribution in [0.2, 0.25) is 0 Å². The molecular weight excluding hydrogens is 364 g/mol. The van der Waals surface area contributed by atoms with Crippen LogP contribution >= 0.6 is 0 Å². The highest BCUT2D eigenvalue weighted by Crippen LogP contribution is 2.21. The first kappa shape index (κ1) is 22.6. The normalized spacial score (nSPS) is 10.7. The molecule has 0 unspecified atom stereocenters. The number of carbonyl (C=O) groups excluding carboxylic acids is 4. The Kier molecular flexibility index (Phi) is 9.15. The lowest BCUT2D eigenvalue weighted by Gasteiger charge is -2.22. The molecule has 0 atom stereocenters. The van der Waals surface area contributed by atoms with Crippen LogP contribution in [0.25, 0.3) is 0 Å². The number of ether oxygens (including phenoxy) is 2. The lowest BCUT2D eigenvalue weighted by Crippen LogP contribution is -2.30. The van der Waals surface area contributed by atoms with Crippen molar-refractivity contribution in [2.75, 3.05) is 37.1 Å². The lowest BCUT2D eigenvalue weighted by atomic mass is 10.2. The molecule has 0 fully saturated rings. The molecule has 1 aromatic rings. The Morgan fingerprint density at radius 1 is 0.714 bits per heavy atom. The predicted octanol–water partition coefficient (Wildman–Crippen LogP) is 1.85. The van der Waals surface area contributed by atoms with E-state index in [0.717, 1.165) is 24.3 Å². The number of nitrogens with zero attached hydrogens (tertiary/aromatic N) is 2. The van der Waals surface area contributed by atoms with Crippen LogP contribution in [0, 0.1) is 0 Å². The zero-order valence-corrected chi connectivity index (χ0v) is 16.4. The molecular formula is C20H24N2O6. The van der Waals surface area contributed by atoms with Gasteiger partial charge in [0.2, 0.25) is 0 Å². The number of esters is 2. The van der Waals surface area contributed by atoms with Gasteiger partial charge in [-0.15, -0.1) is 0 Å². The SMILES string of the molecule is CCN(C(=O)/C=C\C(=O)OC)c1ccc(N(CC)C(=O)/C=C\C(=O)OC)cc1. The van der Waals surface area contributed by atoms with Crippen molar-refractivity contribution < 1.29 is 28.7 Å². The van der Waals surface area contributed by atoms with E-state index in [1.807, 2.05) is 0 Å². The first-order valence-electron chi connectivity index (χ1n) is 8.63. The Hall–Kier alpha value is -3.42. The van der Waals surface area contributed by atoms with Crippen LogP contribution in [0.15, 0.2) is 48.6 Å². The van der Waals surface area contributed by atoms with Gasteiger partial charge in [-0.1, -0.05) is 0 Å². The Labute approximate surface area is 164 Å². The maximum Gasteiger partial charge on any atom is 0.330 e. The Morgan fingerprint density at radius 2 is 1.04 bits per heavy atom. The number of hydrogen-bond donors (Lipinski definition) is 0. The summed E-state index contributed by atoms with van der Waals surface area (Å²) in [5.41, 5.74) is 1.22. The average molecular weight is 388 g/mol. The summed E-state index contributed by atoms with van der Waals surface area (Å²) in [4.78, 5) is 49.8. The van der Waals surface area contributed by atoms with E-state index in [-0.39, 0.29) is 11.8 Å². The minimum absolute atomic E-state index is 0.370. The maximum absolute atomic E-state index is 12.3. The van der Waals surface area contributed by atoms with Crippen LogP contribution < -0.4 is 9.80 Å². The third-order valence-corrected chi connectivity index (χ3v) is 3.76. The standard InChI is InChI=1S/C20H24N2O6/c1-5-21(17(23)11-13-19(25)27-3)15-7-9-16(10-8-15)22(6-2)18(24)12-14-20(26)28-4/h7-14H,5-6H2,1-4H3/b13-11-,14-12-. The van der Waals surface area contributed by atoms with Crippen LogP contribution in [0.4, 0.5) is 11.4 Å². The number of benzene rings is 1. The zero-order valence-electron chi connectivity index (χ0n) is 16.4. The first-order valence-corrected chi connectivity index (χ1v) is 8.63. The average Bonchev–Trinajstić information content (AvgIpc) is 2.72. The molecule has 0 saturated carbocycles. The van der Waals surface area contributed by atoms with E-state index in [9.17, 15) is 19.2 Å². The second-order valence-corrected chi connectivity index (χ2v) is 5.39. The molecule has 0 radical (unpaired) electrons. The molecule has 2 amide bonds. The highest BCUT2D eigenvalue weighted by molar-refractivity contribution is 6.05. The van der Waals surface area contributed by atoms with Crippen molar-refractivity contribution in [3.63, 3.8) is 0 Å². The van der Waals surface area contributed by atoms with Gasteiger partial charge in [-0.25, -0.2) is 9.59 Å². The summed E-state index contributed by atoms with van der Waals surface area (Å²) >= 11 is 0. The molecule has 0 aromatic heterocycles. The van der Waals surface area contributed by atoms with E-state index in [2.05, 4.69) is 9.47 Å². The number of hydrogen-bond acceptors (Lipinski definition) is 6. The number of likely N-dealkylation sites (N-methyl/N-ethyl adjacent to an activating group) is 2. The predicted molar refractivity (Wildman–Crippen MR) is 105 cm³/mol. The van der Waals surface area contributed by atoms with Crippen molar-refractivity contribution in [3.05, 3.63) is 48.6 Å². The van der Waals surface area contributed by atoms with E-state index in [4.69, 9.17) is 0 Å². The molecule has 1 aromatic carbocycles. The minimum atomic E-state index is -0.614. The molecule has 0 heterocycles. The summed E-state index contributed by atoms with van der Waals surface area (Å²) in [5, 5.41) is 0. The van der Waals surface area contributed by atoms with Gasteiger partial charge >= 0.3 is 11.9 Å². The van der Waals surface area contributed by atoms with Gasteiger partial charge in [0.1, 0.15) is 0 Å². The van der Waals surface area contributed by atoms with Crippen LogP contribution in [0.1, 0.15) is 13.8 Å². The van der Waals surface area contributed by atoms with Gasteiger partial charge in [0.25, 0.3) is 11.8 Å². The van der Waals surface area contributed by atoms with Crippen molar-refractivity contribution in [3.8, 4) is 0 Å². The van der Waals surface area contributed by atoms with Crippen molar-refractivity contribution in [2.24, 2.45) is 0 Å². The molecule has 0 bridgehead atoms. The van der Waals surface area contributed by atoms with E-state index >= 15 is 0 Å². The van der Waals surface area contributed by atoms with E-state index < -0.39 is 11.9 Å². The molecule has 0 N–H and O–H groups in total. The summed E-state index contributed by atoms with van der Waals surface area (Å²) in [6, 6.07) is 6.79. The molecule has 1 rings (SSSR count). The summed E-state index contributed by atoms with van der Waals surface area (Å²) in [5.74, 6) is -1.97. The van der Waals surface area contributed by atoms with Gasteiger partial charge in [0.15, 0.2) is 0 Å². The van der Waals surface area contributed by atoms with Crippen molar-refractivity contribution in [1.29, 1.82) is 0 Å². The highest BCUT2D eigenvalue weighted by atomic mass is 16.5. The smallest absolute Gasteiger partial charge is 0.330 e. The van der Waals surface area contributed by atoms with Crippen molar-refractivity contribution >= 4 is 35.1 Å². The van der Waals surface area contributed by atoms with E-state index in [0.29, 0.717) is 24.5 Å². The zero-order chi connectivity index (χ0) is 21.1. The number of carbonyl (C=O) groups is 4. The molecule has 8 heteroatoms. The topological polar surface area (TPSA) is 93.2 Å². The van der Waals surface area contributed by atoms with Crippen LogP contribution in [-0.2, 0) is 28.7 Å². The molecule has 0 spiro atoms. The van der Waals surface area contributed by atoms with Gasteiger partial charge in [-0.3, -0.25) is 9.59 Å². The third-order valence-electron chi connectivity index (χ3n) is 3.76. The number of anilines is 2. The van der Waals surface area contributed by atoms with Crippen LogP contribution in [-0.4, -0.2) is 51.1 Å². The Bertz CT molecular complexity index is 702. The van der Waals surface area contributed by atoms with Crippen molar-refractivity contribution in [1.82, 2.24) is 0 Å².